The lowest BCUT2D eigenvalue weighted by Crippen LogP contribution is -2.55. The Labute approximate surface area is 131 Å². The fraction of sp³-hybridized carbons (Fsp3) is 0.667. The van der Waals surface area contributed by atoms with E-state index in [-0.39, 0.29) is 23.4 Å². The molecule has 1 heterocycles. The number of nitrogens with zero attached hydrogens (tertiary/aromatic N) is 1. The minimum atomic E-state index is -0.359. The molecular weight excluding hydrogens is 281 g/mol. The van der Waals surface area contributed by atoms with E-state index in [0.29, 0.717) is 30.7 Å². The van der Waals surface area contributed by atoms with Crippen LogP contribution in [0.1, 0.15) is 50.5 Å². The van der Waals surface area contributed by atoms with Crippen molar-refractivity contribution < 1.29 is 14.2 Å². The molecule has 1 aromatic carbocycles. The molecule has 120 valence electrons. The Morgan fingerprint density at radius 2 is 1.68 bits per heavy atom. The van der Waals surface area contributed by atoms with Gasteiger partial charge in [-0.2, -0.15) is 0 Å². The zero-order valence-electron chi connectivity index (χ0n) is 12.9. The Morgan fingerprint density at radius 1 is 1.00 bits per heavy atom. The maximum Gasteiger partial charge on any atom is 0.165 e. The van der Waals surface area contributed by atoms with Crippen molar-refractivity contribution in [3.63, 3.8) is 0 Å². The smallest absolute Gasteiger partial charge is 0.165 e. The van der Waals surface area contributed by atoms with Crippen molar-refractivity contribution >= 4 is 0 Å². The summed E-state index contributed by atoms with van der Waals surface area (Å²) >= 11 is 0. The lowest BCUT2D eigenvalue weighted by atomic mass is 9.87. The Kier molecular flexibility index (Phi) is 3.73. The lowest BCUT2D eigenvalue weighted by Gasteiger charge is -2.47. The van der Waals surface area contributed by atoms with Crippen LogP contribution >= 0.6 is 0 Å². The van der Waals surface area contributed by atoms with Crippen LogP contribution in [0.4, 0.5) is 4.39 Å². The van der Waals surface area contributed by atoms with Crippen LogP contribution in [-0.2, 0) is 6.42 Å². The van der Waals surface area contributed by atoms with E-state index in [0.717, 1.165) is 0 Å². The number of ether oxygens (including phenoxy) is 1. The highest BCUT2D eigenvalue weighted by atomic mass is 19.1. The summed E-state index contributed by atoms with van der Waals surface area (Å²) in [5.41, 5.74) is 0.651. The van der Waals surface area contributed by atoms with Gasteiger partial charge in [-0.25, -0.2) is 4.39 Å². The number of hydrogen-bond acceptors (Lipinski definition) is 3. The van der Waals surface area contributed by atoms with Crippen LogP contribution in [-0.4, -0.2) is 34.7 Å². The quantitative estimate of drug-likeness (QED) is 0.925. The maximum atomic E-state index is 13.9. The topological polar surface area (TPSA) is 32.7 Å². The average Bonchev–Trinajstić information content (AvgIpc) is 3.00. The summed E-state index contributed by atoms with van der Waals surface area (Å²) < 4.78 is 19.6. The van der Waals surface area contributed by atoms with Crippen molar-refractivity contribution in [2.45, 2.75) is 69.5 Å². The first kappa shape index (κ1) is 14.3. The van der Waals surface area contributed by atoms with Crippen LogP contribution in [0.3, 0.4) is 0 Å². The van der Waals surface area contributed by atoms with Gasteiger partial charge in [-0.3, -0.25) is 4.90 Å². The molecule has 1 aromatic rings. The monoisotopic (exact) mass is 305 g/mol. The van der Waals surface area contributed by atoms with Crippen LogP contribution in [0.15, 0.2) is 12.1 Å². The highest BCUT2D eigenvalue weighted by Crippen LogP contribution is 2.40. The first-order valence-corrected chi connectivity index (χ1v) is 8.64. The molecule has 1 N–H and O–H groups in total. The minimum absolute atomic E-state index is 0.168. The van der Waals surface area contributed by atoms with E-state index in [1.807, 2.05) is 0 Å². The van der Waals surface area contributed by atoms with Gasteiger partial charge in [0.25, 0.3) is 0 Å². The van der Waals surface area contributed by atoms with Gasteiger partial charge in [0.15, 0.2) is 11.6 Å². The molecule has 2 aliphatic carbocycles. The third kappa shape index (κ3) is 2.37. The Balaban J connectivity index is 1.60. The van der Waals surface area contributed by atoms with Crippen LogP contribution in [0.25, 0.3) is 0 Å². The standard InChI is InChI=1S/C18H24FNO2/c19-16-8-9-17(21)15-10-14(11-22-18(15)16)20(13-6-3-7-13)12-4-1-2-5-12/h8-9,12-14,21H,1-7,10-11H2/t14-/m1/s1. The van der Waals surface area contributed by atoms with Gasteiger partial charge in [0.2, 0.25) is 0 Å². The molecule has 3 nitrogen and oxygen atoms in total. The molecule has 0 amide bonds. The van der Waals surface area contributed by atoms with Gasteiger partial charge in [0, 0.05) is 23.7 Å². The van der Waals surface area contributed by atoms with E-state index in [1.165, 1.54) is 57.1 Å². The molecule has 0 aromatic heterocycles. The van der Waals surface area contributed by atoms with E-state index in [4.69, 9.17) is 4.74 Å². The summed E-state index contributed by atoms with van der Waals surface area (Å²) in [5.74, 6) is 0.0691. The summed E-state index contributed by atoms with van der Waals surface area (Å²) in [6, 6.07) is 4.32. The van der Waals surface area contributed by atoms with Crippen molar-refractivity contribution in [3.05, 3.63) is 23.5 Å². The summed E-state index contributed by atoms with van der Waals surface area (Å²) in [7, 11) is 0. The first-order valence-electron chi connectivity index (χ1n) is 8.64. The second kappa shape index (κ2) is 5.73. The largest absolute Gasteiger partial charge is 0.508 e. The zero-order chi connectivity index (χ0) is 15.1. The third-order valence-electron chi connectivity index (χ3n) is 5.71. The highest BCUT2D eigenvalue weighted by Gasteiger charge is 2.39. The summed E-state index contributed by atoms with van der Waals surface area (Å²) in [6.07, 6.45) is 9.74. The number of phenolic OH excluding ortho intramolecular Hbond substituents is 1. The first-order chi connectivity index (χ1) is 10.7. The van der Waals surface area contributed by atoms with Gasteiger partial charge in [-0.1, -0.05) is 19.3 Å². The molecule has 0 bridgehead atoms. The molecule has 22 heavy (non-hydrogen) atoms. The Bertz CT molecular complexity index is 552. The number of halogens is 1. The fourth-order valence-corrected chi connectivity index (χ4v) is 4.39. The van der Waals surface area contributed by atoms with Gasteiger partial charge >= 0.3 is 0 Å². The molecule has 0 radical (unpaired) electrons. The molecular formula is C18H24FNO2. The maximum absolute atomic E-state index is 13.9. The van der Waals surface area contributed by atoms with Gasteiger partial charge in [-0.05, 0) is 44.2 Å². The molecule has 1 aliphatic heterocycles. The third-order valence-corrected chi connectivity index (χ3v) is 5.71. The number of fused-ring (bicyclic) bond motifs is 1. The van der Waals surface area contributed by atoms with E-state index in [1.54, 1.807) is 0 Å². The van der Waals surface area contributed by atoms with Crippen LogP contribution in [0.5, 0.6) is 11.5 Å². The molecule has 2 fully saturated rings. The van der Waals surface area contributed by atoms with Crippen molar-refractivity contribution in [1.82, 2.24) is 4.90 Å². The van der Waals surface area contributed by atoms with Gasteiger partial charge < -0.3 is 9.84 Å². The van der Waals surface area contributed by atoms with Gasteiger partial charge in [0.05, 0.1) is 0 Å². The zero-order valence-corrected chi connectivity index (χ0v) is 12.9. The SMILES string of the molecule is Oc1ccc(F)c2c1C[C@@H](N(C1CCCC1)C1CCC1)CO2. The van der Waals surface area contributed by atoms with Gasteiger partial charge in [0.1, 0.15) is 12.4 Å². The number of hydrogen-bond donors (Lipinski definition) is 1. The fourth-order valence-electron chi connectivity index (χ4n) is 4.39. The van der Waals surface area contributed by atoms with E-state index >= 15 is 0 Å². The number of benzene rings is 1. The second-order valence-corrected chi connectivity index (χ2v) is 7.01. The lowest BCUT2D eigenvalue weighted by molar-refractivity contribution is 0.00878. The summed E-state index contributed by atoms with van der Waals surface area (Å²) in [4.78, 5) is 2.66. The van der Waals surface area contributed by atoms with Crippen LogP contribution in [0, 0.1) is 5.82 Å². The molecule has 0 unspecified atom stereocenters. The molecule has 4 rings (SSSR count). The Hall–Kier alpha value is -1.29. The predicted octanol–water partition coefficient (Wildman–Crippen LogP) is 3.63. The van der Waals surface area contributed by atoms with Crippen LogP contribution in [0.2, 0.25) is 0 Å². The van der Waals surface area contributed by atoms with E-state index in [9.17, 15) is 9.50 Å². The normalized spacial score (nSPS) is 25.8. The summed E-state index contributed by atoms with van der Waals surface area (Å²) in [5, 5.41) is 10.1. The molecule has 3 aliphatic rings. The molecule has 0 saturated heterocycles. The Morgan fingerprint density at radius 3 is 2.32 bits per heavy atom. The molecule has 2 saturated carbocycles. The number of phenols is 1. The molecule has 4 heteroatoms. The van der Waals surface area contributed by atoms with Crippen LogP contribution < -0.4 is 4.74 Å². The second-order valence-electron chi connectivity index (χ2n) is 7.01. The predicted molar refractivity (Wildman–Crippen MR) is 82.8 cm³/mol. The number of aromatic hydroxyl groups is 1. The van der Waals surface area contributed by atoms with Crippen molar-refractivity contribution in [1.29, 1.82) is 0 Å². The number of rotatable bonds is 3. The van der Waals surface area contributed by atoms with Crippen molar-refractivity contribution in [2.24, 2.45) is 0 Å². The molecule has 1 atom stereocenters. The summed E-state index contributed by atoms with van der Waals surface area (Å²) in [6.45, 7) is 0.542. The highest BCUT2D eigenvalue weighted by molar-refractivity contribution is 5.46. The van der Waals surface area contributed by atoms with Crippen molar-refractivity contribution in [2.75, 3.05) is 6.61 Å². The molecule has 0 spiro atoms. The van der Waals surface area contributed by atoms with Gasteiger partial charge in [-0.15, -0.1) is 0 Å². The minimum Gasteiger partial charge on any atom is -0.508 e. The van der Waals surface area contributed by atoms with E-state index < -0.39 is 0 Å². The average molecular weight is 305 g/mol. The van der Waals surface area contributed by atoms with E-state index in [2.05, 4.69) is 4.90 Å². The van der Waals surface area contributed by atoms with Crippen molar-refractivity contribution in [3.8, 4) is 11.5 Å².